The van der Waals surface area contributed by atoms with E-state index in [2.05, 4.69) is 31.8 Å². The Morgan fingerprint density at radius 3 is 2.67 bits per heavy atom. The number of unbranched alkanes of at least 4 members (excludes halogenated alkanes) is 1. The molecule has 1 rings (SSSR count). The second-order valence-electron chi connectivity index (χ2n) is 4.37. The summed E-state index contributed by atoms with van der Waals surface area (Å²) in [6.45, 7) is 6.75. The molecular formula is C13H20ClN. The van der Waals surface area contributed by atoms with Crippen LogP contribution < -0.4 is 0 Å². The molecule has 0 aliphatic heterocycles. The topological polar surface area (TPSA) is 12.9 Å². The molecule has 0 fully saturated rings. The van der Waals surface area contributed by atoms with Crippen LogP contribution in [0, 0.1) is 0 Å². The Morgan fingerprint density at radius 1 is 1.40 bits per heavy atom. The highest BCUT2D eigenvalue weighted by molar-refractivity contribution is 6.31. The minimum atomic E-state index is 0.204. The first kappa shape index (κ1) is 12.5. The Balaban J connectivity index is 2.95. The van der Waals surface area contributed by atoms with Crippen molar-refractivity contribution < 1.29 is 0 Å². The van der Waals surface area contributed by atoms with E-state index in [1.165, 1.54) is 24.8 Å². The summed E-state index contributed by atoms with van der Waals surface area (Å²) in [6, 6.07) is 2.06. The molecule has 2 heteroatoms. The van der Waals surface area contributed by atoms with Crippen LogP contribution in [0.5, 0.6) is 0 Å². The second-order valence-corrected chi connectivity index (χ2v) is 4.78. The maximum atomic E-state index is 6.20. The Kier molecular flexibility index (Phi) is 4.59. The van der Waals surface area contributed by atoms with Gasteiger partial charge in [0, 0.05) is 12.4 Å². The Hall–Kier alpha value is -0.560. The summed E-state index contributed by atoms with van der Waals surface area (Å²) in [4.78, 5) is 4.04. The fourth-order valence-corrected chi connectivity index (χ4v) is 2.28. The molecule has 0 saturated carbocycles. The van der Waals surface area contributed by atoms with Crippen molar-refractivity contribution in [1.82, 2.24) is 4.98 Å². The molecule has 0 aromatic carbocycles. The van der Waals surface area contributed by atoms with Gasteiger partial charge in [-0.05, 0) is 29.9 Å². The number of pyridine rings is 1. The van der Waals surface area contributed by atoms with Gasteiger partial charge >= 0.3 is 0 Å². The van der Waals surface area contributed by atoms with Gasteiger partial charge in [0.15, 0.2) is 0 Å². The quantitative estimate of drug-likeness (QED) is 0.714. The van der Waals surface area contributed by atoms with Gasteiger partial charge in [0.05, 0.1) is 5.02 Å². The summed E-state index contributed by atoms with van der Waals surface area (Å²) in [6.07, 6.45) is 8.39. The van der Waals surface area contributed by atoms with E-state index in [0.29, 0.717) is 0 Å². The Morgan fingerprint density at radius 2 is 2.13 bits per heavy atom. The molecule has 1 unspecified atom stereocenters. The first-order valence-electron chi connectivity index (χ1n) is 5.74. The van der Waals surface area contributed by atoms with Gasteiger partial charge in [0.2, 0.25) is 0 Å². The highest BCUT2D eigenvalue weighted by atomic mass is 35.5. The zero-order chi connectivity index (χ0) is 11.3. The summed E-state index contributed by atoms with van der Waals surface area (Å²) in [5, 5.41) is 0.804. The maximum absolute atomic E-state index is 6.20. The first-order valence-corrected chi connectivity index (χ1v) is 6.12. The van der Waals surface area contributed by atoms with Crippen molar-refractivity contribution in [2.24, 2.45) is 0 Å². The minimum Gasteiger partial charge on any atom is -0.263 e. The van der Waals surface area contributed by atoms with E-state index in [0.717, 1.165) is 11.4 Å². The normalized spacial score (nSPS) is 14.9. The molecule has 1 heterocycles. The number of nitrogens with zero attached hydrogens (tertiary/aromatic N) is 1. The monoisotopic (exact) mass is 225 g/mol. The maximum Gasteiger partial charge on any atom is 0.0626 e. The third-order valence-electron chi connectivity index (χ3n) is 3.29. The average Bonchev–Trinajstić information content (AvgIpc) is 2.26. The number of hydrogen-bond donors (Lipinski definition) is 0. The van der Waals surface area contributed by atoms with Crippen LogP contribution in [-0.4, -0.2) is 4.98 Å². The van der Waals surface area contributed by atoms with Gasteiger partial charge in [-0.2, -0.15) is 0 Å². The van der Waals surface area contributed by atoms with Crippen LogP contribution in [0.25, 0.3) is 0 Å². The molecule has 1 aromatic rings. The highest BCUT2D eigenvalue weighted by Gasteiger charge is 2.25. The van der Waals surface area contributed by atoms with E-state index >= 15 is 0 Å². The number of aromatic nitrogens is 1. The van der Waals surface area contributed by atoms with Crippen LogP contribution in [0.2, 0.25) is 5.02 Å². The molecule has 1 atom stereocenters. The van der Waals surface area contributed by atoms with Crippen molar-refractivity contribution in [2.45, 2.75) is 51.9 Å². The van der Waals surface area contributed by atoms with E-state index in [1.807, 2.05) is 6.20 Å². The third kappa shape index (κ3) is 2.94. The zero-order valence-electron chi connectivity index (χ0n) is 9.89. The molecule has 0 saturated heterocycles. The SMILES string of the molecule is CCCCC(C)(CC)c1ccncc1Cl. The largest absolute Gasteiger partial charge is 0.263 e. The summed E-state index contributed by atoms with van der Waals surface area (Å²) >= 11 is 6.20. The van der Waals surface area contributed by atoms with Crippen LogP contribution in [0.3, 0.4) is 0 Å². The number of hydrogen-bond acceptors (Lipinski definition) is 1. The molecule has 84 valence electrons. The lowest BCUT2D eigenvalue weighted by Gasteiger charge is -2.29. The summed E-state index contributed by atoms with van der Waals surface area (Å²) < 4.78 is 0. The molecule has 15 heavy (non-hydrogen) atoms. The van der Waals surface area contributed by atoms with E-state index in [9.17, 15) is 0 Å². The predicted molar refractivity (Wildman–Crippen MR) is 66.4 cm³/mol. The molecule has 0 amide bonds. The lowest BCUT2D eigenvalue weighted by atomic mass is 9.76. The van der Waals surface area contributed by atoms with E-state index < -0.39 is 0 Å². The van der Waals surface area contributed by atoms with Crippen molar-refractivity contribution in [3.63, 3.8) is 0 Å². The van der Waals surface area contributed by atoms with Crippen molar-refractivity contribution in [3.8, 4) is 0 Å². The first-order chi connectivity index (χ1) is 7.14. The van der Waals surface area contributed by atoms with Crippen LogP contribution >= 0.6 is 11.6 Å². The fraction of sp³-hybridized carbons (Fsp3) is 0.615. The number of rotatable bonds is 5. The molecule has 0 aliphatic carbocycles. The van der Waals surface area contributed by atoms with Gasteiger partial charge in [0.1, 0.15) is 0 Å². The second kappa shape index (κ2) is 5.50. The molecule has 0 N–H and O–H groups in total. The molecular weight excluding hydrogens is 206 g/mol. The summed E-state index contributed by atoms with van der Waals surface area (Å²) in [5.74, 6) is 0. The standard InChI is InChI=1S/C13H20ClN/c1-4-6-8-13(3,5-2)11-7-9-15-10-12(11)14/h7,9-10H,4-6,8H2,1-3H3. The van der Waals surface area contributed by atoms with Gasteiger partial charge in [-0.15, -0.1) is 0 Å². The van der Waals surface area contributed by atoms with Crippen molar-refractivity contribution in [3.05, 3.63) is 29.0 Å². The lowest BCUT2D eigenvalue weighted by molar-refractivity contribution is 0.403. The van der Waals surface area contributed by atoms with Crippen molar-refractivity contribution in [2.75, 3.05) is 0 Å². The van der Waals surface area contributed by atoms with Gasteiger partial charge in [-0.25, -0.2) is 0 Å². The lowest BCUT2D eigenvalue weighted by Crippen LogP contribution is -2.21. The van der Waals surface area contributed by atoms with Crippen LogP contribution in [0.15, 0.2) is 18.5 Å². The minimum absolute atomic E-state index is 0.204. The zero-order valence-corrected chi connectivity index (χ0v) is 10.6. The Bertz CT molecular complexity index is 311. The van der Waals surface area contributed by atoms with E-state index in [-0.39, 0.29) is 5.41 Å². The van der Waals surface area contributed by atoms with Crippen molar-refractivity contribution in [1.29, 1.82) is 0 Å². The van der Waals surface area contributed by atoms with Gasteiger partial charge < -0.3 is 0 Å². The fourth-order valence-electron chi connectivity index (χ4n) is 1.93. The number of halogens is 1. The average molecular weight is 226 g/mol. The molecule has 1 aromatic heterocycles. The Labute approximate surface area is 97.9 Å². The highest BCUT2D eigenvalue weighted by Crippen LogP contribution is 2.36. The van der Waals surface area contributed by atoms with Gasteiger partial charge in [-0.3, -0.25) is 4.98 Å². The van der Waals surface area contributed by atoms with Gasteiger partial charge in [0.25, 0.3) is 0 Å². The molecule has 0 aliphatic rings. The molecule has 0 radical (unpaired) electrons. The van der Waals surface area contributed by atoms with Crippen LogP contribution in [0.1, 0.15) is 52.0 Å². The molecule has 0 spiro atoms. The van der Waals surface area contributed by atoms with Gasteiger partial charge in [-0.1, -0.05) is 45.2 Å². The molecule has 0 bridgehead atoms. The smallest absolute Gasteiger partial charge is 0.0626 e. The summed E-state index contributed by atoms with van der Waals surface area (Å²) in [5.41, 5.74) is 1.45. The van der Waals surface area contributed by atoms with Crippen LogP contribution in [-0.2, 0) is 5.41 Å². The summed E-state index contributed by atoms with van der Waals surface area (Å²) in [7, 11) is 0. The van der Waals surface area contributed by atoms with E-state index in [1.54, 1.807) is 6.20 Å². The third-order valence-corrected chi connectivity index (χ3v) is 3.59. The van der Waals surface area contributed by atoms with Crippen LogP contribution in [0.4, 0.5) is 0 Å². The van der Waals surface area contributed by atoms with Crippen molar-refractivity contribution >= 4 is 11.6 Å². The predicted octanol–water partition coefficient (Wildman–Crippen LogP) is 4.59. The molecule has 1 nitrogen and oxygen atoms in total. The van der Waals surface area contributed by atoms with E-state index in [4.69, 9.17) is 11.6 Å².